The van der Waals surface area contributed by atoms with Gasteiger partial charge in [-0.3, -0.25) is 9.05 Å². The molecule has 0 aliphatic rings. The van der Waals surface area contributed by atoms with Crippen molar-refractivity contribution in [1.29, 1.82) is 0 Å². The molecule has 0 aliphatic carbocycles. The fourth-order valence-electron chi connectivity index (χ4n) is 2.79. The van der Waals surface area contributed by atoms with Crippen LogP contribution in [0, 0.1) is 11.8 Å². The van der Waals surface area contributed by atoms with Gasteiger partial charge in [-0.15, -0.1) is 0 Å². The van der Waals surface area contributed by atoms with Crippen LogP contribution in [0.15, 0.2) is 12.7 Å². The fraction of sp³-hybridized carbons (Fsp3) is 0.864. The molecule has 0 saturated heterocycles. The summed E-state index contributed by atoms with van der Waals surface area (Å²) in [6.45, 7) is 14.2. The van der Waals surface area contributed by atoms with Crippen LogP contribution < -0.4 is 6.15 Å². The Bertz CT molecular complexity index is 464. The van der Waals surface area contributed by atoms with Gasteiger partial charge in [0.1, 0.15) is 0 Å². The molecule has 8 heteroatoms. The first kappa shape index (κ1) is 31.5. The molecule has 0 radical (unpaired) electrons. The molecule has 0 amide bonds. The maximum Gasteiger partial charge on any atom is 0.477 e. The highest BCUT2D eigenvalue weighted by atomic mass is 31.2. The van der Waals surface area contributed by atoms with Crippen molar-refractivity contribution in [2.24, 2.45) is 11.8 Å². The molecule has 0 fully saturated rings. The largest absolute Gasteiger partial charge is 0.477 e. The molecule has 0 saturated carbocycles. The normalized spacial score (nSPS) is 16.0. The summed E-state index contributed by atoms with van der Waals surface area (Å²) in [6.07, 6.45) is 8.64. The smallest absolute Gasteiger partial charge is 0.432 e. The number of rotatable bonds is 19. The predicted octanol–water partition coefficient (Wildman–Crippen LogP) is 7.20. The molecule has 0 aromatic carbocycles. The molecule has 0 aromatic rings. The van der Waals surface area contributed by atoms with E-state index in [0.717, 1.165) is 57.4 Å². The lowest BCUT2D eigenvalue weighted by atomic mass is 10.0. The zero-order chi connectivity index (χ0) is 22.1. The molecule has 30 heavy (non-hydrogen) atoms. The first-order valence-corrected chi connectivity index (χ1v) is 12.7. The number of phosphoric acid groups is 1. The number of unbranched alkanes of at least 4 members (excludes halogenated alkanes) is 2. The van der Waals surface area contributed by atoms with Crippen LogP contribution in [-0.2, 0) is 27.7 Å². The SMILES string of the molecule is C=CC(=O)OC(CC)OP(=O)(OCC(CC)CCCC)OCC(CC)CCCC.N. The molecule has 3 atom stereocenters. The molecule has 0 spiro atoms. The Morgan fingerprint density at radius 1 is 0.900 bits per heavy atom. The van der Waals surface area contributed by atoms with Gasteiger partial charge >= 0.3 is 13.8 Å². The zero-order valence-corrected chi connectivity index (χ0v) is 20.8. The first-order chi connectivity index (χ1) is 13.9. The van der Waals surface area contributed by atoms with Crippen molar-refractivity contribution < 1.29 is 27.7 Å². The third-order valence-corrected chi connectivity index (χ3v) is 6.44. The quantitative estimate of drug-likeness (QED) is 0.0957. The Morgan fingerprint density at radius 3 is 1.70 bits per heavy atom. The highest BCUT2D eigenvalue weighted by Gasteiger charge is 2.33. The summed E-state index contributed by atoms with van der Waals surface area (Å²) in [5, 5.41) is 0. The van der Waals surface area contributed by atoms with E-state index in [0.29, 0.717) is 19.6 Å². The van der Waals surface area contributed by atoms with E-state index < -0.39 is 20.1 Å². The highest BCUT2D eigenvalue weighted by molar-refractivity contribution is 7.48. The Kier molecular flexibility index (Phi) is 19.9. The molecule has 0 heterocycles. The minimum Gasteiger partial charge on any atom is -0.432 e. The van der Waals surface area contributed by atoms with Crippen molar-refractivity contribution in [3.63, 3.8) is 0 Å². The monoisotopic (exact) mass is 451 g/mol. The molecule has 180 valence electrons. The number of ether oxygens (including phenoxy) is 1. The van der Waals surface area contributed by atoms with Gasteiger partial charge in [-0.2, -0.15) is 0 Å². The summed E-state index contributed by atoms with van der Waals surface area (Å²) >= 11 is 0. The molecule has 3 N–H and O–H groups in total. The Morgan fingerprint density at radius 2 is 1.37 bits per heavy atom. The summed E-state index contributed by atoms with van der Waals surface area (Å²) in [5.74, 6) is -0.0613. The number of hydrogen-bond acceptors (Lipinski definition) is 7. The molecule has 0 rings (SSSR count). The van der Waals surface area contributed by atoms with Gasteiger partial charge < -0.3 is 10.9 Å². The van der Waals surface area contributed by atoms with E-state index in [1.807, 2.05) is 0 Å². The van der Waals surface area contributed by atoms with Gasteiger partial charge in [0.05, 0.1) is 13.2 Å². The third-order valence-electron chi connectivity index (χ3n) is 5.02. The van der Waals surface area contributed by atoms with Crippen LogP contribution in [0.5, 0.6) is 0 Å². The van der Waals surface area contributed by atoms with Crippen molar-refractivity contribution in [3.05, 3.63) is 12.7 Å². The van der Waals surface area contributed by atoms with Gasteiger partial charge in [-0.1, -0.05) is 79.7 Å². The molecule has 0 bridgehead atoms. The minimum absolute atomic E-state index is 0. The van der Waals surface area contributed by atoms with E-state index in [1.54, 1.807) is 6.92 Å². The van der Waals surface area contributed by atoms with Crippen molar-refractivity contribution in [1.82, 2.24) is 6.15 Å². The molecule has 0 aliphatic heterocycles. The van der Waals surface area contributed by atoms with Crippen LogP contribution in [0.1, 0.15) is 92.4 Å². The van der Waals surface area contributed by atoms with Gasteiger partial charge in [0, 0.05) is 12.5 Å². The van der Waals surface area contributed by atoms with E-state index in [-0.39, 0.29) is 18.0 Å². The number of hydrogen-bond donors (Lipinski definition) is 1. The van der Waals surface area contributed by atoms with E-state index >= 15 is 0 Å². The second kappa shape index (κ2) is 19.0. The lowest BCUT2D eigenvalue weighted by Gasteiger charge is -2.26. The van der Waals surface area contributed by atoms with Crippen LogP contribution in [-0.4, -0.2) is 25.5 Å². The maximum atomic E-state index is 13.4. The Balaban J connectivity index is 0. The van der Waals surface area contributed by atoms with Crippen molar-refractivity contribution >= 4 is 13.8 Å². The van der Waals surface area contributed by atoms with Crippen LogP contribution >= 0.6 is 7.82 Å². The standard InChI is InChI=1S/C22H43O6P.H3N/c1-7-13-15-19(9-3)17-25-29(24,26-18-20(10-4)16-14-8-2)28-22(12-6)27-21(23)11-5;/h11,19-20,22H,5,7-10,12-18H2,1-4,6H3;1H3. The van der Waals surface area contributed by atoms with Crippen molar-refractivity contribution in [3.8, 4) is 0 Å². The van der Waals surface area contributed by atoms with E-state index in [2.05, 4.69) is 34.3 Å². The van der Waals surface area contributed by atoms with Gasteiger partial charge in [0.25, 0.3) is 0 Å². The first-order valence-electron chi connectivity index (χ1n) is 11.3. The molecule has 3 unspecified atom stereocenters. The summed E-state index contributed by atoms with van der Waals surface area (Å²) in [4.78, 5) is 11.5. The van der Waals surface area contributed by atoms with Gasteiger partial charge in [-0.25, -0.2) is 13.9 Å². The van der Waals surface area contributed by atoms with Crippen molar-refractivity contribution in [2.75, 3.05) is 13.2 Å². The Labute approximate surface area is 184 Å². The molecule has 0 aromatic heterocycles. The summed E-state index contributed by atoms with van der Waals surface area (Å²) in [5.41, 5.74) is 0. The number of carbonyl (C=O) groups excluding carboxylic acids is 1. The van der Waals surface area contributed by atoms with Crippen LogP contribution in [0.4, 0.5) is 0 Å². The summed E-state index contributed by atoms with van der Waals surface area (Å²) < 4.78 is 35.5. The van der Waals surface area contributed by atoms with Crippen LogP contribution in [0.3, 0.4) is 0 Å². The molecule has 7 nitrogen and oxygen atoms in total. The van der Waals surface area contributed by atoms with E-state index in [4.69, 9.17) is 18.3 Å². The number of phosphoric ester groups is 1. The van der Waals surface area contributed by atoms with Crippen molar-refractivity contribution in [2.45, 2.75) is 98.7 Å². The summed E-state index contributed by atoms with van der Waals surface area (Å²) in [7, 11) is -3.87. The zero-order valence-electron chi connectivity index (χ0n) is 19.9. The van der Waals surface area contributed by atoms with Gasteiger partial charge in [0.2, 0.25) is 6.29 Å². The fourth-order valence-corrected chi connectivity index (χ4v) is 4.25. The predicted molar refractivity (Wildman–Crippen MR) is 123 cm³/mol. The Hall–Kier alpha value is -0.720. The van der Waals surface area contributed by atoms with E-state index in [9.17, 15) is 9.36 Å². The van der Waals surface area contributed by atoms with Crippen LogP contribution in [0.2, 0.25) is 0 Å². The van der Waals surface area contributed by atoms with Gasteiger partial charge in [0.15, 0.2) is 0 Å². The minimum atomic E-state index is -3.87. The highest BCUT2D eigenvalue weighted by Crippen LogP contribution is 2.52. The number of esters is 1. The second-order valence-electron chi connectivity index (χ2n) is 7.46. The topological polar surface area (TPSA) is 106 Å². The average Bonchev–Trinajstić information content (AvgIpc) is 2.73. The summed E-state index contributed by atoms with van der Waals surface area (Å²) in [6, 6.07) is 0. The lowest BCUT2D eigenvalue weighted by molar-refractivity contribution is -0.160. The average molecular weight is 452 g/mol. The van der Waals surface area contributed by atoms with Gasteiger partial charge in [-0.05, 0) is 24.7 Å². The maximum absolute atomic E-state index is 13.4. The molecular formula is C22H46NO6P. The molecular weight excluding hydrogens is 405 g/mol. The van der Waals surface area contributed by atoms with E-state index in [1.165, 1.54) is 0 Å². The van der Waals surface area contributed by atoms with Crippen LogP contribution in [0.25, 0.3) is 0 Å². The lowest BCUT2D eigenvalue weighted by Crippen LogP contribution is -2.21. The third kappa shape index (κ3) is 14.3. The second-order valence-corrected chi connectivity index (χ2v) is 9.08. The number of carbonyl (C=O) groups is 1.